The maximum atomic E-state index is 11.5. The largest absolute Gasteiger partial charge is 0.322 e. The number of hydrogen-bond acceptors (Lipinski definition) is 3. The van der Waals surface area contributed by atoms with E-state index in [9.17, 15) is 4.79 Å². The molecule has 5 heteroatoms. The zero-order valence-electron chi connectivity index (χ0n) is 9.51. The number of aryl methyl sites for hydroxylation is 1. The van der Waals surface area contributed by atoms with Crippen LogP contribution in [0.1, 0.15) is 18.9 Å². The van der Waals surface area contributed by atoms with Gasteiger partial charge < -0.3 is 10.6 Å². The molecule has 0 saturated heterocycles. The first-order chi connectivity index (χ1) is 7.65. The summed E-state index contributed by atoms with van der Waals surface area (Å²) in [4.78, 5) is 15.5. The van der Waals surface area contributed by atoms with Gasteiger partial charge in [-0.3, -0.25) is 4.79 Å². The number of amides is 1. The second kappa shape index (κ2) is 6.45. The average molecular weight is 242 g/mol. The molecule has 4 nitrogen and oxygen atoms in total. The molecule has 0 unspecified atom stereocenters. The molecular formula is C11H16ClN3O. The van der Waals surface area contributed by atoms with E-state index in [0.29, 0.717) is 17.4 Å². The molecule has 0 aliphatic rings. The second-order valence-corrected chi connectivity index (χ2v) is 3.88. The van der Waals surface area contributed by atoms with Crippen molar-refractivity contribution < 1.29 is 4.79 Å². The summed E-state index contributed by atoms with van der Waals surface area (Å²) in [6.45, 7) is 5.04. The molecule has 1 aromatic rings. The Kier molecular flexibility index (Phi) is 5.22. The maximum absolute atomic E-state index is 11.5. The third-order valence-electron chi connectivity index (χ3n) is 2.09. The minimum Gasteiger partial charge on any atom is -0.322 e. The Balaban J connectivity index is 2.56. The van der Waals surface area contributed by atoms with Crippen molar-refractivity contribution in [1.82, 2.24) is 10.3 Å². The lowest BCUT2D eigenvalue weighted by atomic mass is 10.2. The van der Waals surface area contributed by atoms with Crippen molar-refractivity contribution in [3.63, 3.8) is 0 Å². The van der Waals surface area contributed by atoms with Crippen LogP contribution in [0, 0.1) is 6.92 Å². The molecule has 0 aromatic carbocycles. The van der Waals surface area contributed by atoms with Crippen molar-refractivity contribution >= 4 is 23.2 Å². The van der Waals surface area contributed by atoms with Gasteiger partial charge in [0.25, 0.3) is 0 Å². The quantitative estimate of drug-likeness (QED) is 0.612. The number of hydrogen-bond donors (Lipinski definition) is 2. The number of aromatic nitrogens is 1. The van der Waals surface area contributed by atoms with Gasteiger partial charge in [0.15, 0.2) is 5.15 Å². The minimum atomic E-state index is -0.105. The van der Waals surface area contributed by atoms with E-state index in [1.54, 1.807) is 12.3 Å². The van der Waals surface area contributed by atoms with Crippen LogP contribution >= 0.6 is 11.6 Å². The van der Waals surface area contributed by atoms with Crippen molar-refractivity contribution in [2.24, 2.45) is 0 Å². The summed E-state index contributed by atoms with van der Waals surface area (Å²) in [5.41, 5.74) is 1.50. The summed E-state index contributed by atoms with van der Waals surface area (Å²) < 4.78 is 0. The lowest BCUT2D eigenvalue weighted by Crippen LogP contribution is -2.28. The molecule has 1 heterocycles. The van der Waals surface area contributed by atoms with E-state index in [0.717, 1.165) is 18.5 Å². The topological polar surface area (TPSA) is 54.0 Å². The van der Waals surface area contributed by atoms with Gasteiger partial charge in [-0.2, -0.15) is 0 Å². The minimum absolute atomic E-state index is 0.105. The molecule has 0 atom stereocenters. The number of nitrogens with zero attached hydrogens (tertiary/aromatic N) is 1. The second-order valence-electron chi connectivity index (χ2n) is 3.52. The molecule has 0 radical (unpaired) electrons. The first-order valence-electron chi connectivity index (χ1n) is 5.26. The molecule has 1 amide bonds. The van der Waals surface area contributed by atoms with Gasteiger partial charge in [0.05, 0.1) is 12.2 Å². The van der Waals surface area contributed by atoms with Gasteiger partial charge in [-0.05, 0) is 31.5 Å². The van der Waals surface area contributed by atoms with Crippen LogP contribution in [0.2, 0.25) is 5.15 Å². The molecule has 0 fully saturated rings. The number of pyridine rings is 1. The van der Waals surface area contributed by atoms with Crippen molar-refractivity contribution in [3.05, 3.63) is 23.0 Å². The fourth-order valence-electron chi connectivity index (χ4n) is 1.24. The van der Waals surface area contributed by atoms with Crippen LogP contribution in [0.15, 0.2) is 12.3 Å². The Morgan fingerprint density at radius 2 is 2.31 bits per heavy atom. The van der Waals surface area contributed by atoms with E-state index in [4.69, 9.17) is 11.6 Å². The molecule has 0 aliphatic heterocycles. The summed E-state index contributed by atoms with van der Waals surface area (Å²) in [6.07, 6.45) is 2.61. The van der Waals surface area contributed by atoms with Crippen LogP contribution in [-0.4, -0.2) is 24.0 Å². The molecule has 2 N–H and O–H groups in total. The van der Waals surface area contributed by atoms with Gasteiger partial charge in [-0.1, -0.05) is 18.5 Å². The zero-order valence-corrected chi connectivity index (χ0v) is 10.3. The SMILES string of the molecule is CCCNCC(=O)Nc1c(C)ccnc1Cl. The summed E-state index contributed by atoms with van der Waals surface area (Å²) in [6, 6.07) is 1.81. The number of nitrogens with one attached hydrogen (secondary N) is 2. The predicted octanol–water partition coefficient (Wildman–Crippen LogP) is 1.98. The highest BCUT2D eigenvalue weighted by Crippen LogP contribution is 2.22. The predicted molar refractivity (Wildman–Crippen MR) is 65.8 cm³/mol. The zero-order chi connectivity index (χ0) is 12.0. The van der Waals surface area contributed by atoms with Crippen LogP contribution in [0.4, 0.5) is 5.69 Å². The molecule has 0 aliphatic carbocycles. The summed E-state index contributed by atoms with van der Waals surface area (Å²) in [7, 11) is 0. The van der Waals surface area contributed by atoms with Gasteiger partial charge in [-0.25, -0.2) is 4.98 Å². The standard InChI is InChI=1S/C11H16ClN3O/c1-3-5-13-7-9(16)15-10-8(2)4-6-14-11(10)12/h4,6,13H,3,5,7H2,1-2H3,(H,15,16). The first-order valence-corrected chi connectivity index (χ1v) is 5.64. The van der Waals surface area contributed by atoms with Gasteiger partial charge >= 0.3 is 0 Å². The smallest absolute Gasteiger partial charge is 0.238 e. The first kappa shape index (κ1) is 12.9. The lowest BCUT2D eigenvalue weighted by Gasteiger charge is -2.09. The monoisotopic (exact) mass is 241 g/mol. The van der Waals surface area contributed by atoms with E-state index in [1.807, 2.05) is 13.8 Å². The van der Waals surface area contributed by atoms with E-state index in [-0.39, 0.29) is 5.91 Å². The fraction of sp³-hybridized carbons (Fsp3) is 0.455. The summed E-state index contributed by atoms with van der Waals surface area (Å²) in [5, 5.41) is 6.08. The molecule has 0 saturated carbocycles. The number of halogens is 1. The van der Waals surface area contributed by atoms with Crippen LogP contribution in [0.5, 0.6) is 0 Å². The third kappa shape index (κ3) is 3.79. The van der Waals surface area contributed by atoms with Gasteiger partial charge in [0.2, 0.25) is 5.91 Å². The van der Waals surface area contributed by atoms with E-state index in [1.165, 1.54) is 0 Å². The van der Waals surface area contributed by atoms with E-state index in [2.05, 4.69) is 15.6 Å². The molecule has 1 aromatic heterocycles. The Bertz CT molecular complexity index is 348. The number of anilines is 1. The van der Waals surface area contributed by atoms with Crippen LogP contribution < -0.4 is 10.6 Å². The summed E-state index contributed by atoms with van der Waals surface area (Å²) >= 11 is 5.89. The van der Waals surface area contributed by atoms with Crippen LogP contribution in [0.25, 0.3) is 0 Å². The van der Waals surface area contributed by atoms with Crippen molar-refractivity contribution in [3.8, 4) is 0 Å². The van der Waals surface area contributed by atoms with Gasteiger partial charge in [0.1, 0.15) is 0 Å². The van der Waals surface area contributed by atoms with Crippen molar-refractivity contribution in [1.29, 1.82) is 0 Å². The highest BCUT2D eigenvalue weighted by Gasteiger charge is 2.08. The average Bonchev–Trinajstić information content (AvgIpc) is 2.24. The van der Waals surface area contributed by atoms with Crippen molar-refractivity contribution in [2.45, 2.75) is 20.3 Å². The Morgan fingerprint density at radius 3 is 2.94 bits per heavy atom. The Labute approximate surface area is 100 Å². The van der Waals surface area contributed by atoms with Gasteiger partial charge in [0, 0.05) is 6.20 Å². The van der Waals surface area contributed by atoms with Crippen LogP contribution in [-0.2, 0) is 4.79 Å². The Morgan fingerprint density at radius 1 is 1.56 bits per heavy atom. The normalized spacial score (nSPS) is 10.2. The summed E-state index contributed by atoms with van der Waals surface area (Å²) in [5.74, 6) is -0.105. The third-order valence-corrected chi connectivity index (χ3v) is 2.38. The van der Waals surface area contributed by atoms with Crippen molar-refractivity contribution in [2.75, 3.05) is 18.4 Å². The Hall–Kier alpha value is -1.13. The molecule has 16 heavy (non-hydrogen) atoms. The van der Waals surface area contributed by atoms with Crippen LogP contribution in [0.3, 0.4) is 0 Å². The molecule has 1 rings (SSSR count). The molecular weight excluding hydrogens is 226 g/mol. The number of rotatable bonds is 5. The number of carbonyl (C=O) groups excluding carboxylic acids is 1. The molecule has 88 valence electrons. The van der Waals surface area contributed by atoms with Gasteiger partial charge in [-0.15, -0.1) is 0 Å². The fourth-order valence-corrected chi connectivity index (χ4v) is 1.49. The van der Waals surface area contributed by atoms with E-state index >= 15 is 0 Å². The highest BCUT2D eigenvalue weighted by atomic mass is 35.5. The molecule has 0 bridgehead atoms. The lowest BCUT2D eigenvalue weighted by molar-refractivity contribution is -0.115. The number of carbonyl (C=O) groups is 1. The maximum Gasteiger partial charge on any atom is 0.238 e. The highest BCUT2D eigenvalue weighted by molar-refractivity contribution is 6.32. The molecule has 0 spiro atoms. The van der Waals surface area contributed by atoms with E-state index < -0.39 is 0 Å².